The first-order chi connectivity index (χ1) is 13.6. The maximum Gasteiger partial charge on any atom is 0.224 e. The highest BCUT2D eigenvalue weighted by molar-refractivity contribution is 7.90. The van der Waals surface area contributed by atoms with Crippen LogP contribution in [0.5, 0.6) is 0 Å². The number of hydrogen-bond acceptors (Lipinski definition) is 5. The van der Waals surface area contributed by atoms with E-state index >= 15 is 0 Å². The van der Waals surface area contributed by atoms with Crippen molar-refractivity contribution in [3.05, 3.63) is 35.1 Å². The van der Waals surface area contributed by atoms with Crippen molar-refractivity contribution < 1.29 is 31.5 Å². The van der Waals surface area contributed by atoms with E-state index in [-0.39, 0.29) is 37.9 Å². The van der Waals surface area contributed by atoms with Crippen LogP contribution >= 0.6 is 0 Å². The summed E-state index contributed by atoms with van der Waals surface area (Å²) in [6.07, 6.45) is 0.281. The Balaban J connectivity index is 1.58. The molecule has 1 aliphatic heterocycles. The molecule has 2 aliphatic rings. The van der Waals surface area contributed by atoms with Crippen molar-refractivity contribution >= 4 is 15.9 Å². The van der Waals surface area contributed by atoms with Crippen LogP contribution in [0.25, 0.3) is 0 Å². The molecule has 1 saturated heterocycles. The van der Waals surface area contributed by atoms with E-state index in [1.807, 2.05) is 0 Å². The molecule has 0 aromatic heterocycles. The zero-order chi connectivity index (χ0) is 21.3. The topological polar surface area (TPSA) is 113 Å². The number of β-amino-alcohol motifs (C(OH)–C–C–N with tert-alkyl or cyclic N) is 1. The lowest BCUT2D eigenvalue weighted by Gasteiger charge is -2.26. The number of carbonyl (C=O) groups is 1. The van der Waals surface area contributed by atoms with Gasteiger partial charge < -0.3 is 15.7 Å². The van der Waals surface area contributed by atoms with Crippen LogP contribution in [-0.4, -0.2) is 60.9 Å². The standard InChI is InChI=1S/C18H24F3N3O4S/c19-15-7-17(21)16(20)4-10(15)3-11(22)5-18(26)24-9-13(25)6-12(24)8-23-29(27,28)14-1-2-14/h4,7,11-14,23,25H,1-3,5-6,8-9,22H2/t11?,12-,13+/m0/s1. The van der Waals surface area contributed by atoms with Crippen LogP contribution in [0.15, 0.2) is 12.1 Å². The Labute approximate surface area is 167 Å². The first-order valence-electron chi connectivity index (χ1n) is 9.42. The average Bonchev–Trinajstić information content (AvgIpc) is 3.41. The lowest BCUT2D eigenvalue weighted by Crippen LogP contribution is -2.45. The third-order valence-corrected chi connectivity index (χ3v) is 7.12. The van der Waals surface area contributed by atoms with Crippen LogP contribution in [0.1, 0.15) is 31.2 Å². The van der Waals surface area contributed by atoms with Crippen LogP contribution in [0.3, 0.4) is 0 Å². The molecule has 162 valence electrons. The van der Waals surface area contributed by atoms with E-state index in [9.17, 15) is 31.5 Å². The van der Waals surface area contributed by atoms with Crippen LogP contribution in [0, 0.1) is 17.5 Å². The molecule has 4 N–H and O–H groups in total. The average molecular weight is 435 g/mol. The van der Waals surface area contributed by atoms with Crippen molar-refractivity contribution in [1.82, 2.24) is 9.62 Å². The second-order valence-electron chi connectivity index (χ2n) is 7.71. The molecule has 1 heterocycles. The summed E-state index contributed by atoms with van der Waals surface area (Å²) in [5.74, 6) is -3.88. The number of nitrogens with zero attached hydrogens (tertiary/aromatic N) is 1. The van der Waals surface area contributed by atoms with Gasteiger partial charge in [-0.25, -0.2) is 26.3 Å². The SMILES string of the molecule is NC(CC(=O)N1C[C@H](O)C[C@H]1CNS(=O)(=O)C1CC1)Cc1cc(F)c(F)cc1F. The Kier molecular flexibility index (Phi) is 6.51. The summed E-state index contributed by atoms with van der Waals surface area (Å²) in [6.45, 7) is 0.0373. The van der Waals surface area contributed by atoms with Crippen molar-refractivity contribution in [1.29, 1.82) is 0 Å². The van der Waals surface area contributed by atoms with Crippen LogP contribution in [0.4, 0.5) is 13.2 Å². The molecule has 0 bridgehead atoms. The number of hydrogen-bond donors (Lipinski definition) is 3. The number of nitrogens with two attached hydrogens (primary N) is 1. The third kappa shape index (κ3) is 5.47. The summed E-state index contributed by atoms with van der Waals surface area (Å²) >= 11 is 0. The normalized spacial score (nSPS) is 23.4. The van der Waals surface area contributed by atoms with Crippen LogP contribution in [-0.2, 0) is 21.2 Å². The molecule has 1 saturated carbocycles. The molecule has 2 fully saturated rings. The molecule has 0 spiro atoms. The van der Waals surface area contributed by atoms with E-state index in [0.29, 0.717) is 25.0 Å². The Hall–Kier alpha value is -1.69. The van der Waals surface area contributed by atoms with Gasteiger partial charge in [-0.15, -0.1) is 0 Å². The van der Waals surface area contributed by atoms with E-state index in [0.717, 1.165) is 0 Å². The molecular weight excluding hydrogens is 411 g/mol. The van der Waals surface area contributed by atoms with Gasteiger partial charge in [-0.1, -0.05) is 0 Å². The molecule has 7 nitrogen and oxygen atoms in total. The van der Waals surface area contributed by atoms with Crippen molar-refractivity contribution in [2.75, 3.05) is 13.1 Å². The van der Waals surface area contributed by atoms with E-state index < -0.39 is 56.8 Å². The summed E-state index contributed by atoms with van der Waals surface area (Å²) < 4.78 is 66.6. The van der Waals surface area contributed by atoms with E-state index in [1.54, 1.807) is 0 Å². The number of sulfonamides is 1. The minimum absolute atomic E-state index is 0.00528. The molecule has 1 amide bonds. The highest BCUT2D eigenvalue weighted by Gasteiger charge is 2.39. The number of benzene rings is 1. The van der Waals surface area contributed by atoms with Crippen molar-refractivity contribution in [3.8, 4) is 0 Å². The smallest absolute Gasteiger partial charge is 0.224 e. The highest BCUT2D eigenvalue weighted by atomic mass is 32.2. The second kappa shape index (κ2) is 8.58. The predicted molar refractivity (Wildman–Crippen MR) is 98.7 cm³/mol. The van der Waals surface area contributed by atoms with Gasteiger partial charge in [0.05, 0.1) is 11.4 Å². The Bertz CT molecular complexity index is 879. The summed E-state index contributed by atoms with van der Waals surface area (Å²) in [5.41, 5.74) is 5.76. The molecule has 3 atom stereocenters. The Morgan fingerprint density at radius 3 is 2.55 bits per heavy atom. The zero-order valence-corrected chi connectivity index (χ0v) is 16.5. The molecule has 0 radical (unpaired) electrons. The number of likely N-dealkylation sites (tertiary alicyclic amines) is 1. The highest BCUT2D eigenvalue weighted by Crippen LogP contribution is 2.28. The number of carbonyl (C=O) groups excluding carboxylic acids is 1. The van der Waals surface area contributed by atoms with Gasteiger partial charge in [0.15, 0.2) is 11.6 Å². The van der Waals surface area contributed by atoms with E-state index in [4.69, 9.17) is 5.73 Å². The number of halogens is 3. The minimum Gasteiger partial charge on any atom is -0.391 e. The molecule has 1 unspecified atom stereocenters. The Morgan fingerprint density at radius 2 is 1.90 bits per heavy atom. The van der Waals surface area contributed by atoms with Crippen LogP contribution in [0.2, 0.25) is 0 Å². The zero-order valence-electron chi connectivity index (χ0n) is 15.7. The van der Waals surface area contributed by atoms with Gasteiger partial charge in [0.25, 0.3) is 0 Å². The van der Waals surface area contributed by atoms with Crippen molar-refractivity contribution in [2.24, 2.45) is 5.73 Å². The summed E-state index contributed by atoms with van der Waals surface area (Å²) in [6, 6.07) is -0.232. The van der Waals surface area contributed by atoms with E-state index in [1.165, 1.54) is 4.90 Å². The van der Waals surface area contributed by atoms with Gasteiger partial charge in [0.1, 0.15) is 5.82 Å². The molecule has 1 aliphatic carbocycles. The molecule has 29 heavy (non-hydrogen) atoms. The maximum atomic E-state index is 13.8. The number of amides is 1. The molecule has 1 aromatic rings. The fourth-order valence-electron chi connectivity index (χ4n) is 3.52. The van der Waals surface area contributed by atoms with Gasteiger partial charge in [0, 0.05) is 37.7 Å². The predicted octanol–water partition coefficient (Wildman–Crippen LogP) is 0.407. The number of aliphatic hydroxyl groups excluding tert-OH is 1. The summed E-state index contributed by atoms with van der Waals surface area (Å²) in [4.78, 5) is 14.0. The maximum absolute atomic E-state index is 13.8. The summed E-state index contributed by atoms with van der Waals surface area (Å²) in [5, 5.41) is 9.51. The third-order valence-electron chi connectivity index (χ3n) is 5.20. The fourth-order valence-corrected chi connectivity index (χ4v) is 4.93. The minimum atomic E-state index is -3.42. The first kappa shape index (κ1) is 22.0. The van der Waals surface area contributed by atoms with Gasteiger partial charge >= 0.3 is 0 Å². The Morgan fingerprint density at radius 1 is 1.24 bits per heavy atom. The number of nitrogens with one attached hydrogen (secondary N) is 1. The number of rotatable bonds is 8. The van der Waals surface area contributed by atoms with E-state index in [2.05, 4.69) is 4.72 Å². The first-order valence-corrected chi connectivity index (χ1v) is 11.0. The summed E-state index contributed by atoms with van der Waals surface area (Å²) in [7, 11) is -3.42. The lowest BCUT2D eigenvalue weighted by molar-refractivity contribution is -0.132. The van der Waals surface area contributed by atoms with Gasteiger partial charge in [-0.05, 0) is 37.3 Å². The quantitative estimate of drug-likeness (QED) is 0.512. The second-order valence-corrected chi connectivity index (χ2v) is 9.75. The molecule has 3 rings (SSSR count). The van der Waals surface area contributed by atoms with Gasteiger partial charge in [-0.2, -0.15) is 0 Å². The van der Waals surface area contributed by atoms with Crippen LogP contribution < -0.4 is 10.5 Å². The van der Waals surface area contributed by atoms with Crippen molar-refractivity contribution in [3.63, 3.8) is 0 Å². The molecule has 11 heteroatoms. The fraction of sp³-hybridized carbons (Fsp3) is 0.611. The lowest BCUT2D eigenvalue weighted by atomic mass is 10.0. The van der Waals surface area contributed by atoms with Crippen molar-refractivity contribution in [2.45, 2.75) is 55.5 Å². The largest absolute Gasteiger partial charge is 0.391 e. The van der Waals surface area contributed by atoms with Gasteiger partial charge in [0.2, 0.25) is 15.9 Å². The molecule has 1 aromatic carbocycles. The monoisotopic (exact) mass is 435 g/mol. The van der Waals surface area contributed by atoms with Gasteiger partial charge in [-0.3, -0.25) is 4.79 Å². The molecular formula is C18H24F3N3O4S. The number of aliphatic hydroxyl groups is 1.